The summed E-state index contributed by atoms with van der Waals surface area (Å²) in [6, 6.07) is -0.302. The van der Waals surface area contributed by atoms with E-state index in [4.69, 9.17) is 0 Å². The Morgan fingerprint density at radius 2 is 2.16 bits per heavy atom. The molecule has 1 aliphatic heterocycles. The quantitative estimate of drug-likeness (QED) is 0.751. The zero-order chi connectivity index (χ0) is 14.5. The van der Waals surface area contributed by atoms with Gasteiger partial charge in [0.15, 0.2) is 0 Å². The normalized spacial score (nSPS) is 23.1. The van der Waals surface area contributed by atoms with Crippen molar-refractivity contribution in [2.45, 2.75) is 38.9 Å². The topological polar surface area (TPSA) is 50.4 Å². The number of amides is 1. The first kappa shape index (κ1) is 16.2. The molecule has 1 aliphatic rings. The average molecular weight is 282 g/mol. The molecular weight excluding hydrogens is 261 g/mol. The summed E-state index contributed by atoms with van der Waals surface area (Å²) in [4.78, 5) is 11.9. The van der Waals surface area contributed by atoms with E-state index in [1.807, 2.05) is 13.8 Å². The molecule has 112 valence electrons. The number of rotatable bonds is 5. The summed E-state index contributed by atoms with van der Waals surface area (Å²) in [6.45, 7) is 3.46. The van der Waals surface area contributed by atoms with Crippen LogP contribution in [0.4, 0.5) is 13.2 Å². The van der Waals surface area contributed by atoms with Crippen LogP contribution >= 0.6 is 0 Å². The molecule has 7 heteroatoms. The Balaban J connectivity index is 2.24. The van der Waals surface area contributed by atoms with E-state index in [-0.39, 0.29) is 30.5 Å². The van der Waals surface area contributed by atoms with Gasteiger partial charge in [0, 0.05) is 6.54 Å². The van der Waals surface area contributed by atoms with E-state index >= 15 is 0 Å². The minimum Gasteiger partial charge on any atom is -0.370 e. The molecule has 0 aromatic heterocycles. The molecule has 0 saturated carbocycles. The van der Waals surface area contributed by atoms with Crippen molar-refractivity contribution in [3.63, 3.8) is 0 Å². The van der Waals surface area contributed by atoms with Crippen LogP contribution in [0.3, 0.4) is 0 Å². The van der Waals surface area contributed by atoms with Crippen LogP contribution in [0.15, 0.2) is 0 Å². The number of halogens is 3. The maximum atomic E-state index is 11.9. The van der Waals surface area contributed by atoms with E-state index in [2.05, 4.69) is 15.4 Å². The van der Waals surface area contributed by atoms with Gasteiger partial charge in [-0.05, 0) is 24.8 Å². The van der Waals surface area contributed by atoms with E-state index in [1.54, 1.807) is 0 Å². The standard InChI is InChI=1S/C12H21F3N2O2/c1-11(2)4-3-5-16-9(11)10(18)17-6-7-19-8-12(13,14)15/h9,16H,3-8H2,1-2H3,(H,17,18). The van der Waals surface area contributed by atoms with Crippen LogP contribution in [0.5, 0.6) is 0 Å². The Bertz CT molecular complexity index is 306. The summed E-state index contributed by atoms with van der Waals surface area (Å²) in [5.41, 5.74) is -0.144. The van der Waals surface area contributed by atoms with E-state index in [0.29, 0.717) is 0 Å². The lowest BCUT2D eigenvalue weighted by Gasteiger charge is -2.38. The van der Waals surface area contributed by atoms with Gasteiger partial charge in [0.25, 0.3) is 0 Å². The fourth-order valence-corrected chi connectivity index (χ4v) is 2.19. The second-order valence-corrected chi connectivity index (χ2v) is 5.44. The summed E-state index contributed by atoms with van der Waals surface area (Å²) in [5.74, 6) is -0.180. The van der Waals surface area contributed by atoms with Crippen molar-refractivity contribution in [1.29, 1.82) is 0 Å². The monoisotopic (exact) mass is 282 g/mol. The van der Waals surface area contributed by atoms with Gasteiger partial charge < -0.3 is 15.4 Å². The Kier molecular flexibility index (Phi) is 5.61. The molecule has 1 fully saturated rings. The Labute approximate surface area is 111 Å². The van der Waals surface area contributed by atoms with Gasteiger partial charge in [0.2, 0.25) is 5.91 Å². The van der Waals surface area contributed by atoms with Gasteiger partial charge in [-0.25, -0.2) is 0 Å². The summed E-state index contributed by atoms with van der Waals surface area (Å²) < 4.78 is 39.9. The fraction of sp³-hybridized carbons (Fsp3) is 0.917. The van der Waals surface area contributed by atoms with Crippen molar-refractivity contribution in [2.75, 3.05) is 26.3 Å². The first-order chi connectivity index (χ1) is 8.72. The van der Waals surface area contributed by atoms with Gasteiger partial charge in [-0.3, -0.25) is 4.79 Å². The Morgan fingerprint density at radius 3 is 2.74 bits per heavy atom. The van der Waals surface area contributed by atoms with Crippen LogP contribution in [0.1, 0.15) is 26.7 Å². The van der Waals surface area contributed by atoms with Crippen molar-refractivity contribution >= 4 is 5.91 Å². The Hall–Kier alpha value is -0.820. The zero-order valence-corrected chi connectivity index (χ0v) is 11.3. The lowest BCUT2D eigenvalue weighted by molar-refractivity contribution is -0.173. The molecule has 19 heavy (non-hydrogen) atoms. The first-order valence-corrected chi connectivity index (χ1v) is 6.38. The van der Waals surface area contributed by atoms with Crippen LogP contribution in [-0.2, 0) is 9.53 Å². The number of hydrogen-bond acceptors (Lipinski definition) is 3. The molecule has 1 saturated heterocycles. The van der Waals surface area contributed by atoms with Crippen LogP contribution in [0.2, 0.25) is 0 Å². The number of hydrogen-bond donors (Lipinski definition) is 2. The van der Waals surface area contributed by atoms with Crippen LogP contribution in [-0.4, -0.2) is 44.4 Å². The van der Waals surface area contributed by atoms with Crippen molar-refractivity contribution in [3.8, 4) is 0 Å². The largest absolute Gasteiger partial charge is 0.411 e. The molecular formula is C12H21F3N2O2. The molecule has 1 unspecified atom stereocenters. The molecule has 4 nitrogen and oxygen atoms in total. The molecule has 0 aromatic rings. The second-order valence-electron chi connectivity index (χ2n) is 5.44. The average Bonchev–Trinajstić information content (AvgIpc) is 2.26. The van der Waals surface area contributed by atoms with Gasteiger partial charge in [0.05, 0.1) is 12.6 Å². The van der Waals surface area contributed by atoms with Gasteiger partial charge in [0.1, 0.15) is 6.61 Å². The van der Waals surface area contributed by atoms with Crippen LogP contribution < -0.4 is 10.6 Å². The predicted molar refractivity (Wildman–Crippen MR) is 64.7 cm³/mol. The number of ether oxygens (including phenoxy) is 1. The third-order valence-electron chi connectivity index (χ3n) is 3.20. The minimum absolute atomic E-state index is 0.0865. The lowest BCUT2D eigenvalue weighted by Crippen LogP contribution is -2.55. The first-order valence-electron chi connectivity index (χ1n) is 6.38. The summed E-state index contributed by atoms with van der Waals surface area (Å²) >= 11 is 0. The van der Waals surface area contributed by atoms with Gasteiger partial charge in [-0.15, -0.1) is 0 Å². The fourth-order valence-electron chi connectivity index (χ4n) is 2.19. The van der Waals surface area contributed by atoms with E-state index in [9.17, 15) is 18.0 Å². The van der Waals surface area contributed by atoms with Crippen molar-refractivity contribution in [1.82, 2.24) is 10.6 Å². The number of alkyl halides is 3. The number of carbonyl (C=O) groups is 1. The van der Waals surface area contributed by atoms with Crippen LogP contribution in [0.25, 0.3) is 0 Å². The highest BCUT2D eigenvalue weighted by molar-refractivity contribution is 5.82. The molecule has 1 atom stereocenters. The zero-order valence-electron chi connectivity index (χ0n) is 11.3. The summed E-state index contributed by atoms with van der Waals surface area (Å²) in [5, 5.41) is 5.74. The van der Waals surface area contributed by atoms with E-state index in [0.717, 1.165) is 19.4 Å². The highest BCUT2D eigenvalue weighted by Crippen LogP contribution is 2.29. The van der Waals surface area contributed by atoms with E-state index in [1.165, 1.54) is 0 Å². The number of carbonyl (C=O) groups excluding carboxylic acids is 1. The van der Waals surface area contributed by atoms with Gasteiger partial charge in [-0.1, -0.05) is 13.8 Å². The van der Waals surface area contributed by atoms with Crippen molar-refractivity contribution in [2.24, 2.45) is 5.41 Å². The molecule has 1 rings (SSSR count). The SMILES string of the molecule is CC1(C)CCCNC1C(=O)NCCOCC(F)(F)F. The van der Waals surface area contributed by atoms with Gasteiger partial charge >= 0.3 is 6.18 Å². The highest BCUT2D eigenvalue weighted by Gasteiger charge is 2.36. The maximum absolute atomic E-state index is 11.9. The molecule has 0 bridgehead atoms. The summed E-state index contributed by atoms with van der Waals surface area (Å²) in [7, 11) is 0. The van der Waals surface area contributed by atoms with Crippen molar-refractivity contribution < 1.29 is 22.7 Å². The number of nitrogens with one attached hydrogen (secondary N) is 2. The molecule has 0 radical (unpaired) electrons. The Morgan fingerprint density at radius 1 is 1.47 bits per heavy atom. The molecule has 1 amide bonds. The minimum atomic E-state index is -4.32. The molecule has 2 N–H and O–H groups in total. The predicted octanol–water partition coefficient (Wildman–Crippen LogP) is 1.46. The third-order valence-corrected chi connectivity index (χ3v) is 3.20. The van der Waals surface area contributed by atoms with Crippen molar-refractivity contribution in [3.05, 3.63) is 0 Å². The molecule has 0 aromatic carbocycles. The summed E-state index contributed by atoms with van der Waals surface area (Å²) in [6.07, 6.45) is -2.36. The maximum Gasteiger partial charge on any atom is 0.411 e. The molecule has 1 heterocycles. The highest BCUT2D eigenvalue weighted by atomic mass is 19.4. The van der Waals surface area contributed by atoms with Crippen LogP contribution in [0, 0.1) is 5.41 Å². The molecule has 0 spiro atoms. The third kappa shape index (κ3) is 5.78. The van der Waals surface area contributed by atoms with E-state index < -0.39 is 12.8 Å². The number of piperidine rings is 1. The lowest BCUT2D eigenvalue weighted by atomic mass is 9.77. The molecule has 0 aliphatic carbocycles. The van der Waals surface area contributed by atoms with Gasteiger partial charge in [-0.2, -0.15) is 13.2 Å². The second kappa shape index (κ2) is 6.56. The smallest absolute Gasteiger partial charge is 0.370 e.